The molecule has 0 spiro atoms. The fourth-order valence-corrected chi connectivity index (χ4v) is 7.71. The van der Waals surface area contributed by atoms with Gasteiger partial charge in [0.2, 0.25) is 15.9 Å². The van der Waals surface area contributed by atoms with Crippen LogP contribution in [0.5, 0.6) is 0 Å². The number of fused-ring (bicyclic) bond motifs is 1. The molecular formula is C31H42F3N7O4S. The number of alkyl halides is 3. The number of hydrogen-bond donors (Lipinski definition) is 2. The van der Waals surface area contributed by atoms with Gasteiger partial charge in [-0.25, -0.2) is 13.2 Å². The third-order valence-electron chi connectivity index (χ3n) is 9.56. The zero-order chi connectivity index (χ0) is 32.6. The smallest absolute Gasteiger partial charge is 0.340 e. The fourth-order valence-electron chi connectivity index (χ4n) is 6.92. The van der Waals surface area contributed by atoms with Gasteiger partial charge in [-0.1, -0.05) is 6.07 Å². The lowest BCUT2D eigenvalue weighted by atomic mass is 9.97. The van der Waals surface area contributed by atoms with E-state index in [0.717, 1.165) is 82.7 Å². The van der Waals surface area contributed by atoms with Crippen molar-refractivity contribution in [2.45, 2.75) is 89.3 Å². The highest BCUT2D eigenvalue weighted by molar-refractivity contribution is 7.88. The van der Waals surface area contributed by atoms with Crippen molar-refractivity contribution in [2.24, 2.45) is 0 Å². The molecule has 1 aromatic heterocycles. The Hall–Kier alpha value is -3.17. The van der Waals surface area contributed by atoms with Crippen LogP contribution < -0.4 is 10.6 Å². The minimum Gasteiger partial charge on any atom is -0.340 e. The second kappa shape index (κ2) is 13.1. The molecule has 2 N–H and O–H groups in total. The summed E-state index contributed by atoms with van der Waals surface area (Å²) >= 11 is 0. The van der Waals surface area contributed by atoms with Crippen LogP contribution in [0.1, 0.15) is 67.3 Å². The van der Waals surface area contributed by atoms with E-state index in [4.69, 9.17) is 5.10 Å². The van der Waals surface area contributed by atoms with Crippen molar-refractivity contribution in [3.8, 4) is 11.3 Å². The molecule has 0 bridgehead atoms. The van der Waals surface area contributed by atoms with E-state index in [0.29, 0.717) is 48.8 Å². The highest BCUT2D eigenvalue weighted by atomic mass is 32.2. The average molecular weight is 666 g/mol. The Morgan fingerprint density at radius 2 is 1.80 bits per heavy atom. The minimum absolute atomic E-state index is 0.0640. The summed E-state index contributed by atoms with van der Waals surface area (Å²) in [7, 11) is -3.50. The van der Waals surface area contributed by atoms with Gasteiger partial charge >= 0.3 is 12.2 Å². The lowest BCUT2D eigenvalue weighted by molar-refractivity contribution is -0.138. The molecule has 6 rings (SSSR count). The van der Waals surface area contributed by atoms with Gasteiger partial charge in [0.15, 0.2) is 0 Å². The number of nitrogens with zero attached hydrogens (tertiary/aromatic N) is 5. The fraction of sp³-hybridized carbons (Fsp3) is 0.645. The number of carbonyl (C=O) groups excluding carboxylic acids is 2. The number of likely N-dealkylation sites (tertiary alicyclic amines) is 2. The summed E-state index contributed by atoms with van der Waals surface area (Å²) in [4.78, 5) is 28.8. The summed E-state index contributed by atoms with van der Waals surface area (Å²) in [5.41, 5.74) is 1.55. The van der Waals surface area contributed by atoms with Crippen LogP contribution in [0.4, 0.5) is 18.0 Å². The molecule has 0 atom stereocenters. The molecule has 4 aliphatic rings. The van der Waals surface area contributed by atoms with Crippen molar-refractivity contribution in [3.63, 3.8) is 0 Å². The van der Waals surface area contributed by atoms with Crippen LogP contribution in [0.3, 0.4) is 0 Å². The van der Waals surface area contributed by atoms with E-state index in [1.165, 1.54) is 16.4 Å². The number of aromatic nitrogens is 2. The molecule has 0 radical (unpaired) electrons. The molecule has 2 saturated heterocycles. The Kier molecular flexibility index (Phi) is 9.36. The number of carbonyl (C=O) groups is 2. The number of rotatable bonds is 10. The van der Waals surface area contributed by atoms with Crippen molar-refractivity contribution < 1.29 is 31.2 Å². The van der Waals surface area contributed by atoms with Gasteiger partial charge in [0.25, 0.3) is 0 Å². The molecule has 3 amide bonds. The summed E-state index contributed by atoms with van der Waals surface area (Å²) in [5.74, 6) is 0.266. The Morgan fingerprint density at radius 1 is 1.04 bits per heavy atom. The number of sulfonamides is 1. The van der Waals surface area contributed by atoms with Crippen LogP contribution in [0.15, 0.2) is 18.2 Å². The van der Waals surface area contributed by atoms with Crippen molar-refractivity contribution in [2.75, 3.05) is 39.0 Å². The van der Waals surface area contributed by atoms with Gasteiger partial charge in [-0.05, 0) is 62.8 Å². The normalized spacial score (nSPS) is 20.3. The molecule has 3 aliphatic heterocycles. The Labute approximate surface area is 267 Å². The molecule has 1 aliphatic carbocycles. The first-order chi connectivity index (χ1) is 21.9. The molecule has 15 heteroatoms. The molecule has 46 heavy (non-hydrogen) atoms. The van der Waals surface area contributed by atoms with Gasteiger partial charge in [0, 0.05) is 87.6 Å². The molecule has 1 aromatic carbocycles. The highest BCUT2D eigenvalue weighted by Crippen LogP contribution is 2.37. The Bertz CT molecular complexity index is 1570. The third-order valence-corrected chi connectivity index (χ3v) is 10.8. The first kappa shape index (κ1) is 32.8. The summed E-state index contributed by atoms with van der Waals surface area (Å²) in [6, 6.07) is 3.66. The van der Waals surface area contributed by atoms with E-state index in [1.54, 1.807) is 0 Å². The second-order valence-electron chi connectivity index (χ2n) is 12.9. The van der Waals surface area contributed by atoms with Crippen molar-refractivity contribution >= 4 is 22.0 Å². The third kappa shape index (κ3) is 7.52. The van der Waals surface area contributed by atoms with Crippen molar-refractivity contribution in [1.29, 1.82) is 0 Å². The molecule has 11 nitrogen and oxygen atoms in total. The standard InChI is InChI=1S/C31H42F3N7O4S/c1-46(44,45)39-17-11-27-25(20-39)29(21-5-8-26(31(32,33)34)22(18-21)19-35-30(43)36-23-6-7-23)37-41(27)14-3-12-38-15-9-24(10-16-38)40-13-2-4-28(40)42/h5,8,18,23-24H,2-4,6-7,9-17,19-20H2,1H3,(H2,35,36,43). The largest absolute Gasteiger partial charge is 0.416 e. The van der Waals surface area contributed by atoms with E-state index >= 15 is 0 Å². The van der Waals surface area contributed by atoms with Gasteiger partial charge in [-0.15, -0.1) is 0 Å². The lowest BCUT2D eigenvalue weighted by Crippen LogP contribution is -2.45. The predicted octanol–water partition coefficient (Wildman–Crippen LogP) is 3.33. The maximum absolute atomic E-state index is 14.0. The molecule has 0 unspecified atom stereocenters. The summed E-state index contributed by atoms with van der Waals surface area (Å²) in [5, 5.41) is 10.1. The van der Waals surface area contributed by atoms with E-state index < -0.39 is 27.8 Å². The number of hydrogen-bond acceptors (Lipinski definition) is 6. The Balaban J connectivity index is 1.19. The van der Waals surface area contributed by atoms with Crippen LogP contribution in [0.25, 0.3) is 11.3 Å². The van der Waals surface area contributed by atoms with Gasteiger partial charge in [0.1, 0.15) is 0 Å². The molecule has 252 valence electrons. The van der Waals surface area contributed by atoms with Crippen LogP contribution >= 0.6 is 0 Å². The molecule has 3 fully saturated rings. The van der Waals surface area contributed by atoms with E-state index in [9.17, 15) is 31.2 Å². The topological polar surface area (TPSA) is 120 Å². The van der Waals surface area contributed by atoms with Gasteiger partial charge in [0.05, 0.1) is 17.5 Å². The summed E-state index contributed by atoms with van der Waals surface area (Å²) in [6.45, 7) is 4.20. The Morgan fingerprint density at radius 3 is 2.46 bits per heavy atom. The summed E-state index contributed by atoms with van der Waals surface area (Å²) in [6.07, 6.45) is 3.01. The molecule has 1 saturated carbocycles. The van der Waals surface area contributed by atoms with Crippen molar-refractivity contribution in [1.82, 2.24) is 34.5 Å². The van der Waals surface area contributed by atoms with Crippen LogP contribution in [-0.2, 0) is 47.0 Å². The SMILES string of the molecule is CS(=O)(=O)N1CCc2c(c(-c3ccc(C(F)(F)F)c(CNC(=O)NC4CC4)c3)nn2CCCN2CCC(N3CCCC3=O)CC2)C1. The van der Waals surface area contributed by atoms with Gasteiger partial charge in [-0.3, -0.25) is 9.48 Å². The first-order valence-electron chi connectivity index (χ1n) is 16.2. The van der Waals surface area contributed by atoms with E-state index in [-0.39, 0.29) is 30.6 Å². The monoisotopic (exact) mass is 665 g/mol. The number of nitrogens with one attached hydrogen (secondary N) is 2. The lowest BCUT2D eigenvalue weighted by Gasteiger charge is -2.36. The number of piperidine rings is 1. The van der Waals surface area contributed by atoms with E-state index in [2.05, 4.69) is 15.5 Å². The number of urea groups is 1. The van der Waals surface area contributed by atoms with Crippen LogP contribution in [-0.4, -0.2) is 95.3 Å². The maximum atomic E-state index is 14.0. The number of benzene rings is 1. The van der Waals surface area contributed by atoms with Gasteiger partial charge < -0.3 is 20.4 Å². The number of halogens is 3. The average Bonchev–Trinajstić information content (AvgIpc) is 3.60. The zero-order valence-corrected chi connectivity index (χ0v) is 26.9. The number of aryl methyl sites for hydroxylation is 1. The molecular weight excluding hydrogens is 623 g/mol. The molecule has 4 heterocycles. The maximum Gasteiger partial charge on any atom is 0.416 e. The number of amides is 3. The minimum atomic E-state index is -4.62. The van der Waals surface area contributed by atoms with Crippen LogP contribution in [0.2, 0.25) is 0 Å². The first-order valence-corrected chi connectivity index (χ1v) is 18.0. The van der Waals surface area contributed by atoms with Crippen LogP contribution in [0, 0.1) is 0 Å². The molecule has 2 aromatic rings. The van der Waals surface area contributed by atoms with Gasteiger partial charge in [-0.2, -0.15) is 22.6 Å². The second-order valence-corrected chi connectivity index (χ2v) is 14.9. The zero-order valence-electron chi connectivity index (χ0n) is 26.1. The van der Waals surface area contributed by atoms with Crippen molar-refractivity contribution in [3.05, 3.63) is 40.6 Å². The van der Waals surface area contributed by atoms with E-state index in [1.807, 2.05) is 9.58 Å². The highest BCUT2D eigenvalue weighted by Gasteiger charge is 2.35. The predicted molar refractivity (Wildman–Crippen MR) is 165 cm³/mol. The quantitative estimate of drug-likeness (QED) is 0.402. The summed E-state index contributed by atoms with van der Waals surface area (Å²) < 4.78 is 70.0.